The first-order chi connectivity index (χ1) is 7.15. The Hall–Kier alpha value is -0.810. The van der Waals surface area contributed by atoms with Gasteiger partial charge in [-0.2, -0.15) is 0 Å². The summed E-state index contributed by atoms with van der Waals surface area (Å²) in [5.41, 5.74) is 0.786. The first kappa shape index (κ1) is 12.3. The van der Waals surface area contributed by atoms with Crippen molar-refractivity contribution in [3.63, 3.8) is 0 Å². The lowest BCUT2D eigenvalue weighted by atomic mass is 10.4. The van der Waals surface area contributed by atoms with Crippen molar-refractivity contribution >= 4 is 29.3 Å². The van der Waals surface area contributed by atoms with Gasteiger partial charge in [0, 0.05) is 5.56 Å². The molecule has 0 fully saturated rings. The number of rotatable bonds is 4. The maximum absolute atomic E-state index is 11.1. The van der Waals surface area contributed by atoms with Gasteiger partial charge in [0.2, 0.25) is 0 Å². The number of nitrogens with zero attached hydrogens (tertiary/aromatic N) is 2. The Kier molecular flexibility index (Phi) is 4.84. The molecule has 1 heterocycles. The van der Waals surface area contributed by atoms with Crippen LogP contribution in [-0.2, 0) is 9.53 Å². The van der Waals surface area contributed by atoms with Crippen LogP contribution in [-0.4, -0.2) is 28.3 Å². The third kappa shape index (κ3) is 3.68. The number of aromatic nitrogens is 2. The number of carbonyl (C=O) groups excluding carboxylic acids is 1. The molecule has 0 aromatic carbocycles. The molecule has 0 saturated heterocycles. The number of hydrogen-bond acceptors (Lipinski definition) is 5. The van der Waals surface area contributed by atoms with Crippen molar-refractivity contribution in [3.05, 3.63) is 17.0 Å². The summed E-state index contributed by atoms with van der Waals surface area (Å²) in [4.78, 5) is 19.0. The van der Waals surface area contributed by atoms with Crippen LogP contribution in [0.15, 0.2) is 11.4 Å². The third-order valence-electron chi connectivity index (χ3n) is 1.61. The van der Waals surface area contributed by atoms with Crippen molar-refractivity contribution in [1.82, 2.24) is 9.97 Å². The molecular weight excluding hydrogens is 236 g/mol. The van der Waals surface area contributed by atoms with Crippen LogP contribution in [0.2, 0.25) is 5.15 Å². The van der Waals surface area contributed by atoms with Gasteiger partial charge in [0.1, 0.15) is 16.5 Å². The molecule has 0 bridgehead atoms. The van der Waals surface area contributed by atoms with E-state index in [-0.39, 0.29) is 11.7 Å². The topological polar surface area (TPSA) is 52.1 Å². The molecule has 0 radical (unpaired) electrons. The lowest BCUT2D eigenvalue weighted by molar-refractivity contribution is -0.139. The van der Waals surface area contributed by atoms with E-state index in [1.165, 1.54) is 18.1 Å². The van der Waals surface area contributed by atoms with Gasteiger partial charge in [-0.3, -0.25) is 4.79 Å². The van der Waals surface area contributed by atoms with Crippen LogP contribution in [0.25, 0.3) is 0 Å². The normalized spacial score (nSPS) is 10.1. The number of carbonyl (C=O) groups is 1. The van der Waals surface area contributed by atoms with Crippen molar-refractivity contribution in [2.75, 3.05) is 12.4 Å². The van der Waals surface area contributed by atoms with Crippen LogP contribution in [0.1, 0.15) is 12.5 Å². The van der Waals surface area contributed by atoms with Crippen LogP contribution in [0.4, 0.5) is 0 Å². The van der Waals surface area contributed by atoms with Crippen LogP contribution < -0.4 is 0 Å². The number of esters is 1. The largest absolute Gasteiger partial charge is 0.465 e. The predicted molar refractivity (Wildman–Crippen MR) is 59.1 cm³/mol. The smallest absolute Gasteiger partial charge is 0.316 e. The van der Waals surface area contributed by atoms with Crippen LogP contribution in [0.3, 0.4) is 0 Å². The fourth-order valence-electron chi connectivity index (χ4n) is 0.889. The summed E-state index contributed by atoms with van der Waals surface area (Å²) in [7, 11) is 0. The highest BCUT2D eigenvalue weighted by molar-refractivity contribution is 7.99. The van der Waals surface area contributed by atoms with Gasteiger partial charge in [0.05, 0.1) is 12.4 Å². The van der Waals surface area contributed by atoms with E-state index in [1.807, 2.05) is 6.92 Å². The molecule has 0 N–H and O–H groups in total. The minimum atomic E-state index is -0.253. The van der Waals surface area contributed by atoms with Gasteiger partial charge in [-0.05, 0) is 13.8 Å². The zero-order valence-corrected chi connectivity index (χ0v) is 10.1. The molecule has 4 nitrogen and oxygen atoms in total. The zero-order valence-electron chi connectivity index (χ0n) is 8.49. The standard InChI is InChI=1S/C9H11ClN2O2S/c1-3-14-7(13)4-15-9-6(2)8(10)11-5-12-9/h5H,3-4H2,1-2H3. The number of halogens is 1. The van der Waals surface area contributed by atoms with E-state index in [0.717, 1.165) is 5.56 Å². The molecule has 0 aliphatic rings. The first-order valence-corrected chi connectivity index (χ1v) is 5.77. The van der Waals surface area contributed by atoms with Gasteiger partial charge < -0.3 is 4.74 Å². The average Bonchev–Trinajstić information content (AvgIpc) is 2.21. The summed E-state index contributed by atoms with van der Waals surface area (Å²) in [5, 5.41) is 1.12. The molecule has 0 amide bonds. The zero-order chi connectivity index (χ0) is 11.3. The molecule has 0 atom stereocenters. The lowest BCUT2D eigenvalue weighted by Crippen LogP contribution is -2.07. The van der Waals surface area contributed by atoms with E-state index in [2.05, 4.69) is 9.97 Å². The number of hydrogen-bond donors (Lipinski definition) is 0. The van der Waals surface area contributed by atoms with Gasteiger partial charge in [-0.15, -0.1) is 0 Å². The maximum Gasteiger partial charge on any atom is 0.316 e. The summed E-state index contributed by atoms with van der Waals surface area (Å²) in [6.45, 7) is 3.98. The number of thioether (sulfide) groups is 1. The van der Waals surface area contributed by atoms with Gasteiger partial charge in [0.25, 0.3) is 0 Å². The highest BCUT2D eigenvalue weighted by Crippen LogP contribution is 2.23. The molecule has 15 heavy (non-hydrogen) atoms. The summed E-state index contributed by atoms with van der Waals surface area (Å²) < 4.78 is 4.80. The molecule has 0 spiro atoms. The Bertz CT molecular complexity index is 360. The van der Waals surface area contributed by atoms with Crippen LogP contribution in [0, 0.1) is 6.92 Å². The second kappa shape index (κ2) is 5.92. The van der Waals surface area contributed by atoms with Crippen molar-refractivity contribution in [2.45, 2.75) is 18.9 Å². The van der Waals surface area contributed by atoms with Gasteiger partial charge >= 0.3 is 5.97 Å². The van der Waals surface area contributed by atoms with Crippen molar-refractivity contribution < 1.29 is 9.53 Å². The van der Waals surface area contributed by atoms with E-state index in [4.69, 9.17) is 16.3 Å². The fourth-order valence-corrected chi connectivity index (χ4v) is 1.85. The third-order valence-corrected chi connectivity index (χ3v) is 3.05. The molecule has 0 aliphatic heterocycles. The first-order valence-electron chi connectivity index (χ1n) is 4.40. The Morgan fingerprint density at radius 1 is 1.60 bits per heavy atom. The molecule has 0 saturated carbocycles. The highest BCUT2D eigenvalue weighted by atomic mass is 35.5. The molecule has 1 aromatic heterocycles. The molecule has 82 valence electrons. The number of ether oxygens (including phenoxy) is 1. The van der Waals surface area contributed by atoms with Gasteiger partial charge in [-0.25, -0.2) is 9.97 Å². The van der Waals surface area contributed by atoms with E-state index in [0.29, 0.717) is 16.8 Å². The minimum absolute atomic E-state index is 0.238. The average molecular weight is 247 g/mol. The van der Waals surface area contributed by atoms with E-state index in [1.54, 1.807) is 6.92 Å². The summed E-state index contributed by atoms with van der Waals surface area (Å²) in [6.07, 6.45) is 1.38. The minimum Gasteiger partial charge on any atom is -0.465 e. The lowest BCUT2D eigenvalue weighted by Gasteiger charge is -2.04. The van der Waals surface area contributed by atoms with E-state index >= 15 is 0 Å². The predicted octanol–water partition coefficient (Wildman–Crippen LogP) is 2.09. The summed E-state index contributed by atoms with van der Waals surface area (Å²) >= 11 is 7.11. The molecule has 0 aliphatic carbocycles. The van der Waals surface area contributed by atoms with Crippen molar-refractivity contribution in [3.8, 4) is 0 Å². The molecule has 1 rings (SSSR count). The molecular formula is C9H11ClN2O2S. The molecule has 6 heteroatoms. The second-order valence-corrected chi connectivity index (χ2v) is 4.01. The van der Waals surface area contributed by atoms with Gasteiger partial charge in [0.15, 0.2) is 0 Å². The quantitative estimate of drug-likeness (QED) is 0.463. The van der Waals surface area contributed by atoms with Crippen LogP contribution >= 0.6 is 23.4 Å². The monoisotopic (exact) mass is 246 g/mol. The van der Waals surface area contributed by atoms with E-state index in [9.17, 15) is 4.79 Å². The Labute approximate surface area is 97.4 Å². The van der Waals surface area contributed by atoms with E-state index < -0.39 is 0 Å². The Morgan fingerprint density at radius 3 is 3.00 bits per heavy atom. The SMILES string of the molecule is CCOC(=O)CSc1ncnc(Cl)c1C. The molecule has 1 aromatic rings. The Balaban J connectivity index is 2.58. The second-order valence-electron chi connectivity index (χ2n) is 2.69. The molecule has 0 unspecified atom stereocenters. The van der Waals surface area contributed by atoms with Crippen molar-refractivity contribution in [2.24, 2.45) is 0 Å². The van der Waals surface area contributed by atoms with Crippen LogP contribution in [0.5, 0.6) is 0 Å². The maximum atomic E-state index is 11.1. The fraction of sp³-hybridized carbons (Fsp3) is 0.444. The summed E-state index contributed by atoms with van der Waals surface area (Å²) in [5.74, 6) is -0.0150. The van der Waals surface area contributed by atoms with Gasteiger partial charge in [-0.1, -0.05) is 23.4 Å². The highest BCUT2D eigenvalue weighted by Gasteiger charge is 2.08. The summed E-state index contributed by atoms with van der Waals surface area (Å²) in [6, 6.07) is 0. The van der Waals surface area contributed by atoms with Crippen molar-refractivity contribution in [1.29, 1.82) is 0 Å². The Morgan fingerprint density at radius 2 is 2.33 bits per heavy atom.